The molecule has 0 atom stereocenters. The molecule has 1 heterocycles. The molecular formula is C12H19BrN2O2S2. The molecule has 0 amide bonds. The van der Waals surface area contributed by atoms with E-state index < -0.39 is 10.0 Å². The van der Waals surface area contributed by atoms with Crippen LogP contribution in [0.25, 0.3) is 0 Å². The van der Waals surface area contributed by atoms with Gasteiger partial charge in [0, 0.05) is 24.0 Å². The van der Waals surface area contributed by atoms with Gasteiger partial charge in [-0.05, 0) is 34.8 Å². The number of nitrogens with zero attached hydrogens (tertiary/aromatic N) is 1. The predicted molar refractivity (Wildman–Crippen MR) is 81.7 cm³/mol. The van der Waals surface area contributed by atoms with Crippen molar-refractivity contribution in [2.45, 2.75) is 50.1 Å². The number of halogens is 1. The zero-order chi connectivity index (χ0) is 14.0. The van der Waals surface area contributed by atoms with Crippen LogP contribution in [0.1, 0.15) is 37.5 Å². The highest BCUT2D eigenvalue weighted by molar-refractivity contribution is 9.11. The summed E-state index contributed by atoms with van der Waals surface area (Å²) in [6.07, 6.45) is 4.18. The molecule has 4 nitrogen and oxygen atoms in total. The summed E-state index contributed by atoms with van der Waals surface area (Å²) in [7, 11) is -3.41. The lowest BCUT2D eigenvalue weighted by Crippen LogP contribution is -2.38. The van der Waals surface area contributed by atoms with E-state index in [1.165, 1.54) is 11.3 Å². The Kier molecular flexibility index (Phi) is 5.05. The number of hydrogen-bond donors (Lipinski definition) is 1. The fourth-order valence-electron chi connectivity index (χ4n) is 2.62. The van der Waals surface area contributed by atoms with E-state index in [2.05, 4.69) is 15.9 Å². The topological polar surface area (TPSA) is 63.4 Å². The summed E-state index contributed by atoms with van der Waals surface area (Å²) in [6.45, 7) is 2.79. The standard InChI is InChI=1S/C12H19BrN2O2S2/c1-2-15(9-5-3-4-6-9)19(16,17)11-7-10(8-14)18-12(11)13/h7,9H,2-6,8,14H2,1H3. The largest absolute Gasteiger partial charge is 0.326 e. The lowest BCUT2D eigenvalue weighted by Gasteiger charge is -2.26. The summed E-state index contributed by atoms with van der Waals surface area (Å²) in [4.78, 5) is 1.25. The van der Waals surface area contributed by atoms with Crippen molar-refractivity contribution in [1.29, 1.82) is 0 Å². The molecule has 0 saturated heterocycles. The smallest absolute Gasteiger partial charge is 0.245 e. The number of sulfonamides is 1. The molecule has 0 radical (unpaired) electrons. The Morgan fingerprint density at radius 2 is 2.11 bits per heavy atom. The van der Waals surface area contributed by atoms with Gasteiger partial charge in [0.05, 0.1) is 3.79 Å². The second-order valence-electron chi connectivity index (χ2n) is 4.70. The van der Waals surface area contributed by atoms with E-state index in [1.807, 2.05) is 6.92 Å². The molecule has 0 bridgehead atoms. The summed E-state index contributed by atoms with van der Waals surface area (Å²) in [6, 6.07) is 1.85. The van der Waals surface area contributed by atoms with E-state index in [0.29, 0.717) is 21.8 Å². The van der Waals surface area contributed by atoms with Gasteiger partial charge in [0.15, 0.2) is 0 Å². The third-order valence-corrected chi connectivity index (χ3v) is 7.84. The molecule has 0 aliphatic heterocycles. The summed E-state index contributed by atoms with van der Waals surface area (Å²) in [5.41, 5.74) is 5.59. The zero-order valence-corrected chi connectivity index (χ0v) is 14.2. The van der Waals surface area contributed by atoms with E-state index in [0.717, 1.165) is 30.6 Å². The molecule has 0 spiro atoms. The molecule has 2 rings (SSSR count). The average Bonchev–Trinajstić information content (AvgIpc) is 2.99. The molecule has 1 fully saturated rings. The summed E-state index contributed by atoms with van der Waals surface area (Å²) in [5, 5.41) is 0. The van der Waals surface area contributed by atoms with Crippen molar-refractivity contribution in [3.05, 3.63) is 14.7 Å². The lowest BCUT2D eigenvalue weighted by molar-refractivity contribution is 0.335. The quantitative estimate of drug-likeness (QED) is 0.870. The third-order valence-electron chi connectivity index (χ3n) is 3.54. The second kappa shape index (κ2) is 6.22. The Balaban J connectivity index is 2.36. The Morgan fingerprint density at radius 1 is 1.47 bits per heavy atom. The van der Waals surface area contributed by atoms with E-state index in [-0.39, 0.29) is 6.04 Å². The molecule has 19 heavy (non-hydrogen) atoms. The van der Waals surface area contributed by atoms with E-state index >= 15 is 0 Å². The van der Waals surface area contributed by atoms with Crippen LogP contribution in [0.3, 0.4) is 0 Å². The van der Waals surface area contributed by atoms with Crippen LogP contribution in [0.2, 0.25) is 0 Å². The van der Waals surface area contributed by atoms with Crippen molar-refractivity contribution in [1.82, 2.24) is 4.31 Å². The van der Waals surface area contributed by atoms with Crippen LogP contribution in [0.5, 0.6) is 0 Å². The van der Waals surface area contributed by atoms with E-state index in [1.54, 1.807) is 10.4 Å². The lowest BCUT2D eigenvalue weighted by atomic mass is 10.2. The minimum atomic E-state index is -3.41. The minimum absolute atomic E-state index is 0.156. The highest BCUT2D eigenvalue weighted by Gasteiger charge is 2.34. The van der Waals surface area contributed by atoms with E-state index in [9.17, 15) is 8.42 Å². The highest BCUT2D eigenvalue weighted by Crippen LogP contribution is 2.36. The van der Waals surface area contributed by atoms with Crippen molar-refractivity contribution in [3.63, 3.8) is 0 Å². The van der Waals surface area contributed by atoms with Crippen molar-refractivity contribution in [3.8, 4) is 0 Å². The summed E-state index contributed by atoms with van der Waals surface area (Å²) >= 11 is 4.75. The monoisotopic (exact) mass is 366 g/mol. The molecule has 0 unspecified atom stereocenters. The van der Waals surface area contributed by atoms with Gasteiger partial charge in [-0.1, -0.05) is 19.8 Å². The SMILES string of the molecule is CCN(C1CCCC1)S(=O)(=O)c1cc(CN)sc1Br. The number of nitrogens with two attached hydrogens (primary N) is 1. The fourth-order valence-corrected chi connectivity index (χ4v) is 6.82. The molecule has 1 aliphatic carbocycles. The van der Waals surface area contributed by atoms with Crippen LogP contribution in [0.4, 0.5) is 0 Å². The molecule has 7 heteroatoms. The molecule has 2 N–H and O–H groups in total. The number of rotatable bonds is 5. The molecule has 0 aromatic carbocycles. The first kappa shape index (κ1) is 15.4. The van der Waals surface area contributed by atoms with Gasteiger partial charge in [-0.25, -0.2) is 8.42 Å². The number of hydrogen-bond acceptors (Lipinski definition) is 4. The van der Waals surface area contributed by atoms with Gasteiger partial charge in [0.25, 0.3) is 0 Å². The van der Waals surface area contributed by atoms with Crippen molar-refractivity contribution in [2.75, 3.05) is 6.54 Å². The summed E-state index contributed by atoms with van der Waals surface area (Å²) in [5.74, 6) is 0. The predicted octanol–water partition coefficient (Wildman–Crippen LogP) is 2.92. The van der Waals surface area contributed by atoms with Crippen molar-refractivity contribution < 1.29 is 8.42 Å². The molecule has 1 aromatic heterocycles. The minimum Gasteiger partial charge on any atom is -0.326 e. The van der Waals surface area contributed by atoms with Gasteiger partial charge < -0.3 is 5.73 Å². The van der Waals surface area contributed by atoms with Crippen LogP contribution >= 0.6 is 27.3 Å². The van der Waals surface area contributed by atoms with Gasteiger partial charge in [0.1, 0.15) is 4.90 Å². The molecule has 1 aromatic rings. The third kappa shape index (κ3) is 3.05. The first-order valence-corrected chi connectivity index (χ1v) is 9.55. The van der Waals surface area contributed by atoms with Crippen LogP contribution in [0, 0.1) is 0 Å². The Labute approximate surface area is 127 Å². The first-order chi connectivity index (χ1) is 9.00. The van der Waals surface area contributed by atoms with Gasteiger partial charge in [0.2, 0.25) is 10.0 Å². The number of thiophene rings is 1. The van der Waals surface area contributed by atoms with Crippen LogP contribution < -0.4 is 5.73 Å². The van der Waals surface area contributed by atoms with Crippen molar-refractivity contribution in [2.24, 2.45) is 5.73 Å². The van der Waals surface area contributed by atoms with Gasteiger partial charge in [-0.3, -0.25) is 0 Å². The normalized spacial score (nSPS) is 17.5. The Morgan fingerprint density at radius 3 is 2.58 bits per heavy atom. The summed E-state index contributed by atoms with van der Waals surface area (Å²) < 4.78 is 27.8. The molecule has 108 valence electrons. The fraction of sp³-hybridized carbons (Fsp3) is 0.667. The van der Waals surface area contributed by atoms with Gasteiger partial charge in [-0.15, -0.1) is 11.3 Å². The highest BCUT2D eigenvalue weighted by atomic mass is 79.9. The van der Waals surface area contributed by atoms with Crippen LogP contribution in [-0.4, -0.2) is 25.3 Å². The first-order valence-electron chi connectivity index (χ1n) is 6.50. The van der Waals surface area contributed by atoms with Crippen LogP contribution in [0.15, 0.2) is 14.7 Å². The second-order valence-corrected chi connectivity index (χ2v) is 9.02. The molecular weight excluding hydrogens is 348 g/mol. The Hall–Kier alpha value is 0.0500. The maximum absolute atomic E-state index is 12.8. The van der Waals surface area contributed by atoms with Gasteiger partial charge in [-0.2, -0.15) is 4.31 Å². The Bertz CT molecular complexity index is 536. The molecule has 1 saturated carbocycles. The van der Waals surface area contributed by atoms with E-state index in [4.69, 9.17) is 5.73 Å². The zero-order valence-electron chi connectivity index (χ0n) is 10.9. The average molecular weight is 367 g/mol. The van der Waals surface area contributed by atoms with Gasteiger partial charge >= 0.3 is 0 Å². The molecule has 1 aliphatic rings. The van der Waals surface area contributed by atoms with Crippen LogP contribution in [-0.2, 0) is 16.6 Å². The maximum atomic E-state index is 12.8. The van der Waals surface area contributed by atoms with Crippen molar-refractivity contribution >= 4 is 37.3 Å². The maximum Gasteiger partial charge on any atom is 0.245 e.